The molecule has 1 heterocycles. The predicted molar refractivity (Wildman–Crippen MR) is 82.2 cm³/mol. The SMILES string of the molecule is CC(C)c1ccc(CN2CCN(S(C)(=O)=O)CC2)cc1. The van der Waals surface area contributed by atoms with Crippen molar-refractivity contribution in [3.8, 4) is 0 Å². The zero-order chi connectivity index (χ0) is 14.8. The molecule has 5 heteroatoms. The van der Waals surface area contributed by atoms with Crippen LogP contribution in [0.5, 0.6) is 0 Å². The lowest BCUT2D eigenvalue weighted by Gasteiger charge is -2.33. The molecule has 1 aliphatic rings. The average Bonchev–Trinajstić information content (AvgIpc) is 2.39. The molecule has 0 bridgehead atoms. The molecule has 1 aliphatic heterocycles. The molecule has 4 nitrogen and oxygen atoms in total. The van der Waals surface area contributed by atoms with Gasteiger partial charge >= 0.3 is 0 Å². The summed E-state index contributed by atoms with van der Waals surface area (Å²) in [6.45, 7) is 8.10. The lowest BCUT2D eigenvalue weighted by atomic mass is 10.0. The number of rotatable bonds is 4. The molecule has 1 saturated heterocycles. The molecule has 0 spiro atoms. The minimum atomic E-state index is -3.03. The molecule has 0 amide bonds. The van der Waals surface area contributed by atoms with E-state index in [0.29, 0.717) is 19.0 Å². The van der Waals surface area contributed by atoms with Crippen LogP contribution in [0.25, 0.3) is 0 Å². The molecule has 20 heavy (non-hydrogen) atoms. The zero-order valence-corrected chi connectivity index (χ0v) is 13.4. The molecular weight excluding hydrogens is 272 g/mol. The third-order valence-electron chi connectivity index (χ3n) is 3.85. The molecule has 0 radical (unpaired) electrons. The van der Waals surface area contributed by atoms with Crippen molar-refractivity contribution < 1.29 is 8.42 Å². The van der Waals surface area contributed by atoms with Crippen LogP contribution in [0.2, 0.25) is 0 Å². The summed E-state index contributed by atoms with van der Waals surface area (Å²) in [5.41, 5.74) is 2.65. The van der Waals surface area contributed by atoms with Crippen molar-refractivity contribution in [1.29, 1.82) is 0 Å². The molecule has 0 N–H and O–H groups in total. The van der Waals surface area contributed by atoms with Crippen molar-refractivity contribution in [3.05, 3.63) is 35.4 Å². The lowest BCUT2D eigenvalue weighted by molar-refractivity contribution is 0.182. The third kappa shape index (κ3) is 4.04. The number of hydrogen-bond acceptors (Lipinski definition) is 3. The highest BCUT2D eigenvalue weighted by atomic mass is 32.2. The van der Waals surface area contributed by atoms with E-state index < -0.39 is 10.0 Å². The maximum Gasteiger partial charge on any atom is 0.211 e. The van der Waals surface area contributed by atoms with Crippen LogP contribution in [-0.4, -0.2) is 50.1 Å². The second-order valence-corrected chi connectivity index (χ2v) is 7.82. The summed E-state index contributed by atoms with van der Waals surface area (Å²) in [5, 5.41) is 0. The molecule has 0 aromatic heterocycles. The van der Waals surface area contributed by atoms with E-state index in [-0.39, 0.29) is 0 Å². The fraction of sp³-hybridized carbons (Fsp3) is 0.600. The van der Waals surface area contributed by atoms with Gasteiger partial charge in [-0.2, -0.15) is 4.31 Å². The van der Waals surface area contributed by atoms with Crippen molar-refractivity contribution in [3.63, 3.8) is 0 Å². The molecule has 1 fully saturated rings. The van der Waals surface area contributed by atoms with Gasteiger partial charge in [-0.15, -0.1) is 0 Å². The van der Waals surface area contributed by atoms with E-state index in [2.05, 4.69) is 43.0 Å². The summed E-state index contributed by atoms with van der Waals surface area (Å²) >= 11 is 0. The van der Waals surface area contributed by atoms with Gasteiger partial charge in [-0.05, 0) is 17.0 Å². The zero-order valence-electron chi connectivity index (χ0n) is 12.5. The van der Waals surface area contributed by atoms with Crippen molar-refractivity contribution in [2.75, 3.05) is 32.4 Å². The molecule has 0 saturated carbocycles. The second-order valence-electron chi connectivity index (χ2n) is 5.83. The first-order valence-electron chi connectivity index (χ1n) is 7.12. The maximum absolute atomic E-state index is 11.5. The first-order chi connectivity index (χ1) is 9.36. The molecule has 0 aliphatic carbocycles. The van der Waals surface area contributed by atoms with Gasteiger partial charge in [-0.1, -0.05) is 38.1 Å². The molecule has 2 rings (SSSR count). The topological polar surface area (TPSA) is 40.6 Å². The van der Waals surface area contributed by atoms with Crippen LogP contribution in [0.1, 0.15) is 30.9 Å². The van der Waals surface area contributed by atoms with Gasteiger partial charge < -0.3 is 0 Å². The van der Waals surface area contributed by atoms with E-state index in [4.69, 9.17) is 0 Å². The highest BCUT2D eigenvalue weighted by Gasteiger charge is 2.23. The Kier molecular flexibility index (Phi) is 4.83. The second kappa shape index (κ2) is 6.24. The summed E-state index contributed by atoms with van der Waals surface area (Å²) < 4.78 is 24.5. The quantitative estimate of drug-likeness (QED) is 0.852. The van der Waals surface area contributed by atoms with Crippen LogP contribution < -0.4 is 0 Å². The fourth-order valence-electron chi connectivity index (χ4n) is 2.49. The van der Waals surface area contributed by atoms with Gasteiger partial charge in [0.25, 0.3) is 0 Å². The molecule has 0 unspecified atom stereocenters. The van der Waals surface area contributed by atoms with Crippen LogP contribution in [0.3, 0.4) is 0 Å². The van der Waals surface area contributed by atoms with Gasteiger partial charge in [0.2, 0.25) is 10.0 Å². The Bertz CT molecular complexity index is 529. The van der Waals surface area contributed by atoms with E-state index in [9.17, 15) is 8.42 Å². The standard InChI is InChI=1S/C15H24N2O2S/c1-13(2)15-6-4-14(5-7-15)12-16-8-10-17(11-9-16)20(3,18)19/h4-7,13H,8-12H2,1-3H3. The molecule has 1 aromatic rings. The Balaban J connectivity index is 1.89. The first-order valence-corrected chi connectivity index (χ1v) is 8.97. The van der Waals surface area contributed by atoms with E-state index in [1.165, 1.54) is 17.4 Å². The Labute approximate surface area is 122 Å². The van der Waals surface area contributed by atoms with Gasteiger partial charge in [0, 0.05) is 32.7 Å². The van der Waals surface area contributed by atoms with E-state index in [1.54, 1.807) is 4.31 Å². The molecule has 112 valence electrons. The van der Waals surface area contributed by atoms with Crippen LogP contribution >= 0.6 is 0 Å². The number of sulfonamides is 1. The Morgan fingerprint density at radius 3 is 2.05 bits per heavy atom. The van der Waals surface area contributed by atoms with Gasteiger partial charge in [0.1, 0.15) is 0 Å². The monoisotopic (exact) mass is 296 g/mol. The molecule has 0 atom stereocenters. The number of benzene rings is 1. The third-order valence-corrected chi connectivity index (χ3v) is 5.16. The normalized spacial score (nSPS) is 18.6. The Morgan fingerprint density at radius 2 is 1.60 bits per heavy atom. The van der Waals surface area contributed by atoms with Crippen molar-refractivity contribution in [2.45, 2.75) is 26.3 Å². The van der Waals surface area contributed by atoms with Gasteiger partial charge in [0.15, 0.2) is 0 Å². The van der Waals surface area contributed by atoms with Gasteiger partial charge in [-0.25, -0.2) is 8.42 Å². The summed E-state index contributed by atoms with van der Waals surface area (Å²) in [4.78, 5) is 2.31. The van der Waals surface area contributed by atoms with Crippen LogP contribution in [-0.2, 0) is 16.6 Å². The summed E-state index contributed by atoms with van der Waals surface area (Å²) in [5.74, 6) is 0.558. The largest absolute Gasteiger partial charge is 0.296 e. The molecular formula is C15H24N2O2S. The lowest BCUT2D eigenvalue weighted by Crippen LogP contribution is -2.47. The highest BCUT2D eigenvalue weighted by Crippen LogP contribution is 2.16. The summed E-state index contributed by atoms with van der Waals surface area (Å²) in [6.07, 6.45) is 1.29. The van der Waals surface area contributed by atoms with E-state index in [0.717, 1.165) is 19.6 Å². The molecule has 1 aromatic carbocycles. The number of piperazine rings is 1. The Morgan fingerprint density at radius 1 is 1.05 bits per heavy atom. The average molecular weight is 296 g/mol. The summed E-state index contributed by atoms with van der Waals surface area (Å²) in [7, 11) is -3.03. The minimum Gasteiger partial charge on any atom is -0.296 e. The Hall–Kier alpha value is -0.910. The number of nitrogens with zero attached hydrogens (tertiary/aromatic N) is 2. The van der Waals surface area contributed by atoms with Gasteiger partial charge in [0.05, 0.1) is 6.26 Å². The van der Waals surface area contributed by atoms with E-state index in [1.807, 2.05) is 0 Å². The predicted octanol–water partition coefficient (Wildman–Crippen LogP) is 1.89. The van der Waals surface area contributed by atoms with Crippen LogP contribution in [0, 0.1) is 0 Å². The summed E-state index contributed by atoms with van der Waals surface area (Å²) in [6, 6.07) is 8.73. The smallest absolute Gasteiger partial charge is 0.211 e. The maximum atomic E-state index is 11.5. The highest BCUT2D eigenvalue weighted by molar-refractivity contribution is 7.88. The van der Waals surface area contributed by atoms with Crippen molar-refractivity contribution in [1.82, 2.24) is 9.21 Å². The van der Waals surface area contributed by atoms with Crippen molar-refractivity contribution in [2.24, 2.45) is 0 Å². The number of hydrogen-bond donors (Lipinski definition) is 0. The fourth-order valence-corrected chi connectivity index (χ4v) is 3.31. The first kappa shape index (κ1) is 15.5. The van der Waals surface area contributed by atoms with Gasteiger partial charge in [-0.3, -0.25) is 4.90 Å². The minimum absolute atomic E-state index is 0.558. The van der Waals surface area contributed by atoms with Crippen LogP contribution in [0.15, 0.2) is 24.3 Å². The van der Waals surface area contributed by atoms with Crippen molar-refractivity contribution >= 4 is 10.0 Å². The van der Waals surface area contributed by atoms with E-state index >= 15 is 0 Å². The van der Waals surface area contributed by atoms with Crippen LogP contribution in [0.4, 0.5) is 0 Å².